The minimum absolute atomic E-state index is 0.254. The zero-order chi connectivity index (χ0) is 34.6. The van der Waals surface area contributed by atoms with Gasteiger partial charge in [-0.2, -0.15) is 0 Å². The Labute approximate surface area is 292 Å². The van der Waals surface area contributed by atoms with Gasteiger partial charge in [-0.05, 0) is 47.2 Å². The first-order valence-electron chi connectivity index (χ1n) is 16.9. The molecule has 0 saturated carbocycles. The summed E-state index contributed by atoms with van der Waals surface area (Å²) in [6, 6.07) is 21.0. The van der Waals surface area contributed by atoms with E-state index in [4.69, 9.17) is 52.1 Å². The molecule has 3 aliphatic rings. The van der Waals surface area contributed by atoms with Gasteiger partial charge in [-0.25, -0.2) is 4.79 Å². The van der Waals surface area contributed by atoms with E-state index in [0.29, 0.717) is 116 Å². The van der Waals surface area contributed by atoms with Crippen LogP contribution in [0.2, 0.25) is 0 Å². The molecule has 0 aliphatic carbocycles. The number of hydrogen-bond acceptors (Lipinski definition) is 12. The molecule has 0 aromatic heterocycles. The van der Waals surface area contributed by atoms with Crippen molar-refractivity contribution in [3.63, 3.8) is 0 Å². The topological polar surface area (TPSA) is 119 Å². The lowest BCUT2D eigenvalue weighted by Crippen LogP contribution is -2.15. The number of methoxy groups -OCH3 is 1. The highest BCUT2D eigenvalue weighted by atomic mass is 16.6. The third-order valence-electron chi connectivity index (χ3n) is 7.60. The summed E-state index contributed by atoms with van der Waals surface area (Å²) in [5.41, 5.74) is 0.322. The quantitative estimate of drug-likeness (QED) is 0.247. The van der Waals surface area contributed by atoms with Gasteiger partial charge in [0.05, 0.1) is 86.4 Å². The molecule has 0 spiro atoms. The normalized spacial score (nSPS) is 17.5. The highest BCUT2D eigenvalue weighted by molar-refractivity contribution is 5.99. The molecule has 0 fully saturated rings. The number of ether oxygens (including phenoxy) is 11. The van der Waals surface area contributed by atoms with Gasteiger partial charge >= 0.3 is 5.97 Å². The lowest BCUT2D eigenvalue weighted by Gasteiger charge is -2.14. The SMILES string of the molecule is COC(=O)c1cc2cc3ccc2cc1OCCOCCOCCOCCOc1cccc2c(cccc12)OCCOCCOCCOCCO3. The zero-order valence-electron chi connectivity index (χ0n) is 28.6. The van der Waals surface area contributed by atoms with E-state index in [-0.39, 0.29) is 6.61 Å². The Balaban J connectivity index is 1.12. The van der Waals surface area contributed by atoms with E-state index in [0.717, 1.165) is 33.0 Å². The Morgan fingerprint density at radius 1 is 0.460 bits per heavy atom. The molecular weight excluding hydrogens is 648 g/mol. The average molecular weight is 695 g/mol. The smallest absolute Gasteiger partial charge is 0.341 e. The van der Waals surface area contributed by atoms with Crippen molar-refractivity contribution in [3.8, 4) is 23.0 Å². The lowest BCUT2D eigenvalue weighted by molar-refractivity contribution is 0.00494. The molecule has 50 heavy (non-hydrogen) atoms. The van der Waals surface area contributed by atoms with Gasteiger partial charge in [0, 0.05) is 10.8 Å². The Kier molecular flexibility index (Phi) is 15.7. The predicted octanol–water partition coefficient (Wildman–Crippen LogP) is 5.11. The van der Waals surface area contributed by atoms with Crippen LogP contribution in [0, 0.1) is 0 Å². The minimum atomic E-state index is -0.492. The largest absolute Gasteiger partial charge is 0.491 e. The predicted molar refractivity (Wildman–Crippen MR) is 186 cm³/mol. The van der Waals surface area contributed by atoms with E-state index in [9.17, 15) is 4.79 Å². The highest BCUT2D eigenvalue weighted by Crippen LogP contribution is 2.32. The first-order chi connectivity index (χ1) is 24.7. The first kappa shape index (κ1) is 37.1. The molecule has 4 aromatic rings. The minimum Gasteiger partial charge on any atom is -0.491 e. The zero-order valence-corrected chi connectivity index (χ0v) is 28.6. The van der Waals surface area contributed by atoms with Crippen molar-refractivity contribution in [2.24, 2.45) is 0 Å². The van der Waals surface area contributed by atoms with E-state index in [1.165, 1.54) is 7.11 Å². The van der Waals surface area contributed by atoms with Crippen molar-refractivity contribution in [1.29, 1.82) is 0 Å². The lowest BCUT2D eigenvalue weighted by atomic mass is 10.1. The number of fused-ring (bicyclic) bond motifs is 2. The van der Waals surface area contributed by atoms with Crippen molar-refractivity contribution in [2.45, 2.75) is 0 Å². The molecule has 0 atom stereocenters. The Bertz CT molecular complexity index is 1610. The average Bonchev–Trinajstić information content (AvgIpc) is 3.14. The second kappa shape index (κ2) is 21.1. The van der Waals surface area contributed by atoms with Gasteiger partial charge < -0.3 is 52.1 Å². The fourth-order valence-corrected chi connectivity index (χ4v) is 5.17. The molecule has 3 heterocycles. The van der Waals surface area contributed by atoms with Crippen LogP contribution in [0.3, 0.4) is 0 Å². The summed E-state index contributed by atoms with van der Waals surface area (Å²) < 4.78 is 62.7. The second-order valence-corrected chi connectivity index (χ2v) is 11.0. The van der Waals surface area contributed by atoms with Gasteiger partial charge in [0.1, 0.15) is 55.0 Å². The van der Waals surface area contributed by atoms with E-state index in [1.807, 2.05) is 60.7 Å². The molecule has 270 valence electrons. The summed E-state index contributed by atoms with van der Waals surface area (Å²) in [4.78, 5) is 12.5. The summed E-state index contributed by atoms with van der Waals surface area (Å²) in [7, 11) is 1.34. The van der Waals surface area contributed by atoms with Crippen LogP contribution in [-0.2, 0) is 33.2 Å². The van der Waals surface area contributed by atoms with Crippen LogP contribution in [0.25, 0.3) is 21.5 Å². The number of hydrogen-bond donors (Lipinski definition) is 0. The molecule has 0 unspecified atom stereocenters. The fourth-order valence-electron chi connectivity index (χ4n) is 5.17. The molecule has 0 amide bonds. The third kappa shape index (κ3) is 11.7. The van der Waals surface area contributed by atoms with E-state index >= 15 is 0 Å². The van der Waals surface area contributed by atoms with Crippen LogP contribution in [0.5, 0.6) is 23.0 Å². The van der Waals surface area contributed by atoms with Crippen molar-refractivity contribution < 1.29 is 56.9 Å². The summed E-state index contributed by atoms with van der Waals surface area (Å²) >= 11 is 0. The molecule has 7 rings (SSSR count). The highest BCUT2D eigenvalue weighted by Gasteiger charge is 2.15. The summed E-state index contributed by atoms with van der Waals surface area (Å²) in [5, 5.41) is 3.64. The Hall–Kier alpha value is -4.17. The number of rotatable bonds is 1. The standard InChI is InChI=1S/C38H46O12/c1-40-38(39)34-27-30-26-31-9-8-29(30)28-37(34)50-25-21-46-17-13-42-12-16-45-20-24-49-36-7-3-4-32-33(36)5-2-6-35(32)48-23-19-44-15-11-41-10-14-43-18-22-47-31/h2-9,26-28H,10-25H2,1H3. The van der Waals surface area contributed by atoms with Crippen molar-refractivity contribution in [3.05, 3.63) is 72.3 Å². The van der Waals surface area contributed by atoms with Gasteiger partial charge in [0.2, 0.25) is 0 Å². The van der Waals surface area contributed by atoms with Crippen molar-refractivity contribution in [2.75, 3.05) is 113 Å². The molecule has 12 nitrogen and oxygen atoms in total. The first-order valence-corrected chi connectivity index (χ1v) is 16.9. The monoisotopic (exact) mass is 694 g/mol. The van der Waals surface area contributed by atoms with Crippen LogP contribution in [-0.4, -0.2) is 119 Å². The maximum Gasteiger partial charge on any atom is 0.341 e. The van der Waals surface area contributed by atoms with Gasteiger partial charge in [0.15, 0.2) is 0 Å². The Morgan fingerprint density at radius 2 is 0.900 bits per heavy atom. The third-order valence-corrected chi connectivity index (χ3v) is 7.60. The second-order valence-electron chi connectivity index (χ2n) is 11.0. The van der Waals surface area contributed by atoms with Crippen LogP contribution in [0.15, 0.2) is 66.7 Å². The van der Waals surface area contributed by atoms with E-state index < -0.39 is 5.97 Å². The Morgan fingerprint density at radius 3 is 1.38 bits per heavy atom. The fraction of sp³-hybridized carbons (Fsp3) is 0.447. The number of carbonyl (C=O) groups excluding carboxylic acids is 1. The molecule has 0 saturated heterocycles. The molecular formula is C38H46O12. The van der Waals surface area contributed by atoms with Crippen LogP contribution in [0.1, 0.15) is 10.4 Å². The van der Waals surface area contributed by atoms with Crippen LogP contribution >= 0.6 is 0 Å². The molecule has 4 aromatic carbocycles. The van der Waals surface area contributed by atoms with Gasteiger partial charge in [-0.15, -0.1) is 0 Å². The number of benzene rings is 4. The molecule has 0 radical (unpaired) electrons. The maximum absolute atomic E-state index is 12.5. The number of carbonyl (C=O) groups is 1. The van der Waals surface area contributed by atoms with Crippen molar-refractivity contribution >= 4 is 27.5 Å². The van der Waals surface area contributed by atoms with Crippen molar-refractivity contribution in [1.82, 2.24) is 0 Å². The number of esters is 1. The summed E-state index contributed by atoms with van der Waals surface area (Å²) in [6.45, 7) is 6.51. The van der Waals surface area contributed by atoms with E-state index in [2.05, 4.69) is 0 Å². The van der Waals surface area contributed by atoms with Gasteiger partial charge in [-0.1, -0.05) is 30.3 Å². The molecule has 12 heteroatoms. The van der Waals surface area contributed by atoms with Crippen LogP contribution < -0.4 is 18.9 Å². The van der Waals surface area contributed by atoms with Crippen LogP contribution in [0.4, 0.5) is 0 Å². The molecule has 0 N–H and O–H groups in total. The maximum atomic E-state index is 12.5. The summed E-state index contributed by atoms with van der Waals surface area (Å²) in [5.74, 6) is 2.13. The summed E-state index contributed by atoms with van der Waals surface area (Å²) in [6.07, 6.45) is 0. The molecule has 8 bridgehead atoms. The van der Waals surface area contributed by atoms with Gasteiger partial charge in [-0.3, -0.25) is 0 Å². The molecule has 3 aliphatic heterocycles. The van der Waals surface area contributed by atoms with Gasteiger partial charge in [0.25, 0.3) is 0 Å². The van der Waals surface area contributed by atoms with E-state index in [1.54, 1.807) is 6.07 Å².